The van der Waals surface area contributed by atoms with E-state index >= 15 is 0 Å². The standard InChI is InChI=1S/C50H33F6N/c1-30-22-37(26-39(24-30)49(51,52)53)35-18-20-47-44(28-35)45-29-36(38-23-31(2)25-40(27-38)50(54,55)56)19-21-48(45)57(47)46-13-6-5-11-43(46)34-16-14-33(15-17-34)42-12-7-9-32-8-3-4-10-41(32)42/h3-29H,1-2H3. The van der Waals surface area contributed by atoms with Crippen molar-refractivity contribution in [3.05, 3.63) is 186 Å². The highest BCUT2D eigenvalue weighted by Crippen LogP contribution is 2.42. The molecule has 9 aromatic rings. The molecule has 0 fully saturated rings. The van der Waals surface area contributed by atoms with Crippen molar-refractivity contribution in [2.75, 3.05) is 0 Å². The van der Waals surface area contributed by atoms with Crippen LogP contribution in [0.15, 0.2) is 164 Å². The molecule has 0 saturated heterocycles. The molecule has 0 unspecified atom stereocenters. The molecule has 1 nitrogen and oxygen atoms in total. The Morgan fingerprint density at radius 2 is 0.825 bits per heavy atom. The zero-order valence-corrected chi connectivity index (χ0v) is 30.8. The number of fused-ring (bicyclic) bond motifs is 4. The summed E-state index contributed by atoms with van der Waals surface area (Å²) in [7, 11) is 0. The van der Waals surface area contributed by atoms with E-state index in [1.54, 1.807) is 26.0 Å². The van der Waals surface area contributed by atoms with Crippen LogP contribution in [0.4, 0.5) is 26.3 Å². The summed E-state index contributed by atoms with van der Waals surface area (Å²) in [6, 6.07) is 50.3. The molecule has 0 aliphatic carbocycles. The van der Waals surface area contributed by atoms with Gasteiger partial charge in [-0.05, 0) is 129 Å². The molecule has 0 spiro atoms. The first-order valence-electron chi connectivity index (χ1n) is 18.5. The average Bonchev–Trinajstić information content (AvgIpc) is 3.52. The second kappa shape index (κ2) is 13.6. The summed E-state index contributed by atoms with van der Waals surface area (Å²) in [6.07, 6.45) is -9.04. The number of rotatable bonds is 5. The highest BCUT2D eigenvalue weighted by Gasteiger charge is 2.32. The first kappa shape index (κ1) is 36.1. The smallest absolute Gasteiger partial charge is 0.309 e. The minimum atomic E-state index is -4.52. The Hall–Kier alpha value is -6.60. The monoisotopic (exact) mass is 761 g/mol. The lowest BCUT2D eigenvalue weighted by Crippen LogP contribution is -2.05. The average molecular weight is 762 g/mol. The van der Waals surface area contributed by atoms with Crippen molar-refractivity contribution in [2.24, 2.45) is 0 Å². The van der Waals surface area contributed by atoms with Crippen LogP contribution in [0.1, 0.15) is 22.3 Å². The van der Waals surface area contributed by atoms with E-state index in [0.717, 1.165) is 84.8 Å². The van der Waals surface area contributed by atoms with Gasteiger partial charge < -0.3 is 4.57 Å². The van der Waals surface area contributed by atoms with Gasteiger partial charge in [-0.25, -0.2) is 0 Å². The van der Waals surface area contributed by atoms with Crippen LogP contribution in [0.2, 0.25) is 0 Å². The van der Waals surface area contributed by atoms with E-state index in [1.807, 2.05) is 66.7 Å². The van der Waals surface area contributed by atoms with Gasteiger partial charge >= 0.3 is 12.4 Å². The number of alkyl halides is 6. The first-order valence-corrected chi connectivity index (χ1v) is 18.5. The predicted octanol–water partition coefficient (Wildman–Crippen LogP) is 15.3. The van der Waals surface area contributed by atoms with Gasteiger partial charge in [-0.15, -0.1) is 0 Å². The molecule has 0 bridgehead atoms. The lowest BCUT2D eigenvalue weighted by atomic mass is 9.95. The van der Waals surface area contributed by atoms with Crippen molar-refractivity contribution in [1.29, 1.82) is 0 Å². The molecule has 0 N–H and O–H groups in total. The largest absolute Gasteiger partial charge is 0.416 e. The molecular weight excluding hydrogens is 729 g/mol. The van der Waals surface area contributed by atoms with Crippen molar-refractivity contribution in [1.82, 2.24) is 4.57 Å². The van der Waals surface area contributed by atoms with Crippen LogP contribution in [0.25, 0.3) is 82.8 Å². The van der Waals surface area contributed by atoms with Gasteiger partial charge in [0.05, 0.1) is 27.8 Å². The van der Waals surface area contributed by atoms with Crippen molar-refractivity contribution in [3.63, 3.8) is 0 Å². The van der Waals surface area contributed by atoms with Gasteiger partial charge in [-0.1, -0.05) is 109 Å². The number of para-hydroxylation sites is 1. The third-order valence-electron chi connectivity index (χ3n) is 10.7. The highest BCUT2D eigenvalue weighted by molar-refractivity contribution is 6.12. The van der Waals surface area contributed by atoms with E-state index in [4.69, 9.17) is 0 Å². The van der Waals surface area contributed by atoms with Gasteiger partial charge in [0.15, 0.2) is 0 Å². The maximum absolute atomic E-state index is 13.9. The Balaban J connectivity index is 1.24. The molecule has 57 heavy (non-hydrogen) atoms. The minimum Gasteiger partial charge on any atom is -0.309 e. The molecule has 0 radical (unpaired) electrons. The molecule has 9 rings (SSSR count). The number of hydrogen-bond acceptors (Lipinski definition) is 0. The highest BCUT2D eigenvalue weighted by atomic mass is 19.4. The van der Waals surface area contributed by atoms with Gasteiger partial charge in [0.2, 0.25) is 0 Å². The zero-order valence-electron chi connectivity index (χ0n) is 30.8. The number of aromatic nitrogens is 1. The molecule has 0 aliphatic rings. The number of nitrogens with zero attached hydrogens (tertiary/aromatic N) is 1. The third kappa shape index (κ3) is 6.63. The third-order valence-corrected chi connectivity index (χ3v) is 10.7. The van der Waals surface area contributed by atoms with Crippen LogP contribution in [0, 0.1) is 13.8 Å². The van der Waals surface area contributed by atoms with Gasteiger partial charge in [0, 0.05) is 16.3 Å². The summed E-state index contributed by atoms with van der Waals surface area (Å²) in [6.45, 7) is 3.27. The van der Waals surface area contributed by atoms with E-state index in [2.05, 4.69) is 65.2 Å². The lowest BCUT2D eigenvalue weighted by molar-refractivity contribution is -0.138. The fraction of sp³-hybridized carbons (Fsp3) is 0.0800. The van der Waals surface area contributed by atoms with Gasteiger partial charge in [0.1, 0.15) is 0 Å². The summed E-state index contributed by atoms with van der Waals surface area (Å²) < 4.78 is 85.7. The van der Waals surface area contributed by atoms with E-state index in [9.17, 15) is 26.3 Å². The fourth-order valence-corrected chi connectivity index (χ4v) is 8.09. The van der Waals surface area contributed by atoms with Crippen LogP contribution in [0.3, 0.4) is 0 Å². The molecule has 1 aromatic heterocycles. The zero-order chi connectivity index (χ0) is 39.6. The lowest BCUT2D eigenvalue weighted by Gasteiger charge is -2.15. The van der Waals surface area contributed by atoms with Crippen LogP contribution >= 0.6 is 0 Å². The van der Waals surface area contributed by atoms with Crippen molar-refractivity contribution in [3.8, 4) is 50.2 Å². The van der Waals surface area contributed by atoms with Crippen molar-refractivity contribution in [2.45, 2.75) is 26.2 Å². The quantitative estimate of drug-likeness (QED) is 0.154. The molecule has 1 heterocycles. The number of benzene rings is 8. The van der Waals surface area contributed by atoms with E-state index in [-0.39, 0.29) is 0 Å². The maximum atomic E-state index is 13.9. The van der Waals surface area contributed by atoms with Crippen LogP contribution in [-0.2, 0) is 12.4 Å². The summed E-state index contributed by atoms with van der Waals surface area (Å²) >= 11 is 0. The van der Waals surface area contributed by atoms with E-state index < -0.39 is 23.5 Å². The van der Waals surface area contributed by atoms with Crippen molar-refractivity contribution >= 4 is 32.6 Å². The van der Waals surface area contributed by atoms with Crippen LogP contribution in [-0.4, -0.2) is 4.57 Å². The molecule has 0 aliphatic heterocycles. The van der Waals surface area contributed by atoms with Crippen LogP contribution in [0.5, 0.6) is 0 Å². The Morgan fingerprint density at radius 3 is 1.39 bits per heavy atom. The second-order valence-electron chi connectivity index (χ2n) is 14.6. The molecule has 7 heteroatoms. The van der Waals surface area contributed by atoms with Crippen LogP contribution < -0.4 is 0 Å². The normalized spacial score (nSPS) is 12.2. The number of halogens is 6. The van der Waals surface area contributed by atoms with Gasteiger partial charge in [-0.3, -0.25) is 0 Å². The number of hydrogen-bond donors (Lipinski definition) is 0. The SMILES string of the molecule is Cc1cc(-c2ccc3c(c2)c2cc(-c4cc(C)cc(C(F)(F)F)c4)ccc2n3-c2ccccc2-c2ccc(-c3cccc4ccccc34)cc2)cc(C(F)(F)F)c1. The van der Waals surface area contributed by atoms with Crippen molar-refractivity contribution < 1.29 is 26.3 Å². The molecule has 280 valence electrons. The molecular formula is C50H33F6N. The van der Waals surface area contributed by atoms with E-state index in [0.29, 0.717) is 33.4 Å². The fourth-order valence-electron chi connectivity index (χ4n) is 8.09. The summed E-state index contributed by atoms with van der Waals surface area (Å²) in [5.41, 5.74) is 8.14. The summed E-state index contributed by atoms with van der Waals surface area (Å²) in [4.78, 5) is 0. The minimum absolute atomic E-state index is 0.418. The predicted molar refractivity (Wildman–Crippen MR) is 220 cm³/mol. The molecule has 0 saturated carbocycles. The van der Waals surface area contributed by atoms with E-state index in [1.165, 1.54) is 0 Å². The molecule has 0 amide bonds. The second-order valence-corrected chi connectivity index (χ2v) is 14.6. The summed E-state index contributed by atoms with van der Waals surface area (Å²) in [5.74, 6) is 0. The Labute approximate surface area is 325 Å². The Kier molecular flexibility index (Phi) is 8.58. The van der Waals surface area contributed by atoms with Gasteiger partial charge in [-0.2, -0.15) is 26.3 Å². The van der Waals surface area contributed by atoms with Gasteiger partial charge in [0.25, 0.3) is 0 Å². The first-order chi connectivity index (χ1) is 27.3. The maximum Gasteiger partial charge on any atom is 0.416 e. The number of aryl methyl sites for hydroxylation is 2. The molecule has 0 atom stereocenters. The topological polar surface area (TPSA) is 4.93 Å². The Bertz CT molecular complexity index is 2880. The Morgan fingerprint density at radius 1 is 0.368 bits per heavy atom. The summed E-state index contributed by atoms with van der Waals surface area (Å²) in [5, 5.41) is 3.83. The molecule has 8 aromatic carbocycles.